The highest BCUT2D eigenvalue weighted by molar-refractivity contribution is 7.07. The molecule has 11 heteroatoms. The summed E-state index contributed by atoms with van der Waals surface area (Å²) < 4.78 is 24.5. The molecular weight excluding hydrogens is 594 g/mol. The van der Waals surface area contributed by atoms with Crippen molar-refractivity contribution < 1.29 is 28.5 Å². The molecule has 0 saturated heterocycles. The number of anilines is 1. The van der Waals surface area contributed by atoms with Gasteiger partial charge in [-0.05, 0) is 62.7 Å². The number of carbonyl (C=O) groups is 2. The number of methoxy groups -OCH3 is 1. The molecule has 10 nitrogen and oxygen atoms in total. The van der Waals surface area contributed by atoms with E-state index in [9.17, 15) is 14.4 Å². The van der Waals surface area contributed by atoms with E-state index in [1.54, 1.807) is 68.5 Å². The summed E-state index contributed by atoms with van der Waals surface area (Å²) in [6.07, 6.45) is 1.76. The summed E-state index contributed by atoms with van der Waals surface area (Å²) in [5, 5.41) is 2.78. The van der Waals surface area contributed by atoms with Gasteiger partial charge in [0.1, 0.15) is 11.8 Å². The first-order chi connectivity index (χ1) is 21.8. The number of thiazole rings is 1. The van der Waals surface area contributed by atoms with Gasteiger partial charge in [-0.1, -0.05) is 53.8 Å². The number of allylic oxidation sites excluding steroid dienone is 1. The predicted octanol–water partition coefficient (Wildman–Crippen LogP) is 4.22. The molecule has 0 saturated carbocycles. The molecule has 1 N–H and O–H groups in total. The van der Waals surface area contributed by atoms with E-state index >= 15 is 0 Å². The fraction of sp³-hybridized carbons (Fsp3) is 0.235. The highest BCUT2D eigenvalue weighted by Crippen LogP contribution is 2.40. The molecule has 232 valence electrons. The summed E-state index contributed by atoms with van der Waals surface area (Å²) >= 11 is 1.22. The van der Waals surface area contributed by atoms with Gasteiger partial charge in [0.25, 0.3) is 11.5 Å². The molecule has 0 fully saturated rings. The Hall–Kier alpha value is -5.16. The maximum absolute atomic E-state index is 14.0. The second-order valence-corrected chi connectivity index (χ2v) is 10.9. The van der Waals surface area contributed by atoms with Crippen molar-refractivity contribution in [3.05, 3.63) is 115 Å². The molecule has 1 aromatic heterocycles. The summed E-state index contributed by atoms with van der Waals surface area (Å²) in [6.45, 7) is 5.68. The standard InChI is InChI=1S/C34H33N3O7S/c1-5-42-31-25(13-10-14-26(31)41-4)30-29(33(40)43-6-2)21(3)35-34-37(30)32(39)27(45-34)19-22-15-17-24(18-16-22)44-20-28(38)36-23-11-8-7-9-12-23/h7-19,30H,5-6,20H2,1-4H3,(H,36,38)/t30-/m1/s1. The van der Waals surface area contributed by atoms with E-state index in [-0.39, 0.29) is 30.3 Å². The number of nitrogens with one attached hydrogen (secondary N) is 1. The normalized spacial score (nSPS) is 14.3. The molecule has 45 heavy (non-hydrogen) atoms. The summed E-state index contributed by atoms with van der Waals surface area (Å²) in [7, 11) is 1.54. The van der Waals surface area contributed by atoms with Crippen LogP contribution in [-0.4, -0.2) is 43.4 Å². The molecule has 0 bridgehead atoms. The number of para-hydroxylation sites is 2. The van der Waals surface area contributed by atoms with Gasteiger partial charge in [0, 0.05) is 11.3 Å². The molecule has 0 unspecified atom stereocenters. The number of amides is 1. The average Bonchev–Trinajstić information content (AvgIpc) is 3.34. The molecule has 0 spiro atoms. The van der Waals surface area contributed by atoms with Crippen LogP contribution in [-0.2, 0) is 14.3 Å². The lowest BCUT2D eigenvalue weighted by Crippen LogP contribution is -2.40. The highest BCUT2D eigenvalue weighted by atomic mass is 32.1. The summed E-state index contributed by atoms with van der Waals surface area (Å²) in [4.78, 5) is 44.6. The van der Waals surface area contributed by atoms with E-state index in [0.717, 1.165) is 5.56 Å². The van der Waals surface area contributed by atoms with Gasteiger partial charge in [0.05, 0.1) is 36.1 Å². The largest absolute Gasteiger partial charge is 0.493 e. The molecule has 1 aliphatic heterocycles. The highest BCUT2D eigenvalue weighted by Gasteiger charge is 2.36. The van der Waals surface area contributed by atoms with E-state index in [4.69, 9.17) is 18.9 Å². The minimum absolute atomic E-state index is 0.150. The lowest BCUT2D eigenvalue weighted by atomic mass is 9.94. The van der Waals surface area contributed by atoms with Crippen LogP contribution in [0.1, 0.15) is 37.9 Å². The molecule has 4 aromatic rings. The van der Waals surface area contributed by atoms with E-state index in [1.807, 2.05) is 31.2 Å². The minimum Gasteiger partial charge on any atom is -0.493 e. The van der Waals surface area contributed by atoms with Crippen LogP contribution in [0.5, 0.6) is 17.2 Å². The maximum atomic E-state index is 14.0. The SMILES string of the molecule is CCOC(=O)C1=C(C)N=c2sc(=Cc3ccc(OCC(=O)Nc4ccccc4)cc3)c(=O)n2[C@@H]1c1cccc(OC)c1OCC. The topological polar surface area (TPSA) is 117 Å². The van der Waals surface area contributed by atoms with Crippen LogP contribution in [0.15, 0.2) is 93.9 Å². The molecule has 0 radical (unpaired) electrons. The first-order valence-electron chi connectivity index (χ1n) is 14.4. The Labute approximate surface area is 263 Å². The Kier molecular flexibility index (Phi) is 9.79. The zero-order valence-corrected chi connectivity index (χ0v) is 26.2. The number of rotatable bonds is 11. The number of hydrogen-bond acceptors (Lipinski definition) is 9. The van der Waals surface area contributed by atoms with Gasteiger partial charge in [0.15, 0.2) is 22.9 Å². The van der Waals surface area contributed by atoms with Crippen molar-refractivity contribution in [1.82, 2.24) is 4.57 Å². The van der Waals surface area contributed by atoms with Crippen LogP contribution in [0, 0.1) is 0 Å². The number of aromatic nitrogens is 1. The Bertz CT molecular complexity index is 1910. The number of carbonyl (C=O) groups excluding carboxylic acids is 2. The van der Waals surface area contributed by atoms with Gasteiger partial charge in [-0.15, -0.1) is 0 Å². The van der Waals surface area contributed by atoms with Crippen LogP contribution >= 0.6 is 11.3 Å². The molecule has 1 aliphatic rings. The summed E-state index contributed by atoms with van der Waals surface area (Å²) in [5.74, 6) is 0.590. The van der Waals surface area contributed by atoms with Crippen LogP contribution < -0.4 is 34.4 Å². The third kappa shape index (κ3) is 6.83. The van der Waals surface area contributed by atoms with E-state index in [0.29, 0.717) is 50.1 Å². The number of benzene rings is 3. The van der Waals surface area contributed by atoms with E-state index in [2.05, 4.69) is 10.3 Å². The van der Waals surface area contributed by atoms with Gasteiger partial charge in [-0.25, -0.2) is 9.79 Å². The van der Waals surface area contributed by atoms with Gasteiger partial charge in [-0.2, -0.15) is 0 Å². The third-order valence-corrected chi connectivity index (χ3v) is 7.92. The summed E-state index contributed by atoms with van der Waals surface area (Å²) in [5.41, 5.74) is 2.41. The second-order valence-electron chi connectivity index (χ2n) is 9.89. The van der Waals surface area contributed by atoms with Gasteiger partial charge in [0.2, 0.25) is 0 Å². The third-order valence-electron chi connectivity index (χ3n) is 6.93. The maximum Gasteiger partial charge on any atom is 0.338 e. The van der Waals surface area contributed by atoms with Crippen LogP contribution in [0.4, 0.5) is 5.69 Å². The number of fused-ring (bicyclic) bond motifs is 1. The Morgan fingerprint density at radius 3 is 2.42 bits per heavy atom. The monoisotopic (exact) mass is 627 g/mol. The van der Waals surface area contributed by atoms with Crippen molar-refractivity contribution in [1.29, 1.82) is 0 Å². The molecule has 0 aliphatic carbocycles. The van der Waals surface area contributed by atoms with Crippen molar-refractivity contribution in [2.45, 2.75) is 26.8 Å². The minimum atomic E-state index is -0.850. The molecule has 1 atom stereocenters. The van der Waals surface area contributed by atoms with Crippen molar-refractivity contribution in [2.24, 2.45) is 4.99 Å². The van der Waals surface area contributed by atoms with Crippen LogP contribution in [0.2, 0.25) is 0 Å². The zero-order chi connectivity index (χ0) is 31.9. The first kappa shape index (κ1) is 31.3. The Morgan fingerprint density at radius 1 is 0.978 bits per heavy atom. The van der Waals surface area contributed by atoms with Crippen molar-refractivity contribution in [3.8, 4) is 17.2 Å². The van der Waals surface area contributed by atoms with E-state index in [1.165, 1.54) is 23.0 Å². The molecule has 1 amide bonds. The van der Waals surface area contributed by atoms with Crippen LogP contribution in [0.25, 0.3) is 6.08 Å². The van der Waals surface area contributed by atoms with Crippen molar-refractivity contribution in [3.63, 3.8) is 0 Å². The van der Waals surface area contributed by atoms with E-state index < -0.39 is 12.0 Å². The van der Waals surface area contributed by atoms with Crippen molar-refractivity contribution >= 4 is 35.0 Å². The van der Waals surface area contributed by atoms with Gasteiger partial charge in [-0.3, -0.25) is 14.2 Å². The molecular formula is C34H33N3O7S. The lowest BCUT2D eigenvalue weighted by molar-refractivity contribution is -0.139. The number of esters is 1. The quantitative estimate of drug-likeness (QED) is 0.248. The number of hydrogen-bond donors (Lipinski definition) is 1. The Balaban J connectivity index is 1.48. The predicted molar refractivity (Wildman–Crippen MR) is 172 cm³/mol. The Morgan fingerprint density at radius 2 is 1.73 bits per heavy atom. The molecule has 5 rings (SSSR count). The van der Waals surface area contributed by atoms with Crippen LogP contribution in [0.3, 0.4) is 0 Å². The first-order valence-corrected chi connectivity index (χ1v) is 15.2. The van der Waals surface area contributed by atoms with Gasteiger partial charge >= 0.3 is 5.97 Å². The second kappa shape index (κ2) is 14.1. The fourth-order valence-electron chi connectivity index (χ4n) is 4.97. The smallest absolute Gasteiger partial charge is 0.338 e. The fourth-order valence-corrected chi connectivity index (χ4v) is 6.02. The number of nitrogens with zero attached hydrogens (tertiary/aromatic N) is 2. The zero-order valence-electron chi connectivity index (χ0n) is 25.4. The average molecular weight is 628 g/mol. The number of ether oxygens (including phenoxy) is 4. The molecule has 2 heterocycles. The van der Waals surface area contributed by atoms with Gasteiger partial charge < -0.3 is 24.3 Å². The molecule has 3 aromatic carbocycles. The van der Waals surface area contributed by atoms with Crippen molar-refractivity contribution in [2.75, 3.05) is 32.2 Å². The lowest BCUT2D eigenvalue weighted by Gasteiger charge is -2.26. The summed E-state index contributed by atoms with van der Waals surface area (Å²) in [6, 6.07) is 20.7.